The van der Waals surface area contributed by atoms with E-state index in [9.17, 15) is 45.4 Å². The van der Waals surface area contributed by atoms with Gasteiger partial charge in [-0.15, -0.1) is 16.5 Å². The number of hydrogen-bond acceptors (Lipinski definition) is 15. The molecule has 2 unspecified atom stereocenters. The van der Waals surface area contributed by atoms with Gasteiger partial charge in [-0.05, 0) is 0 Å². The summed E-state index contributed by atoms with van der Waals surface area (Å²) in [5.41, 5.74) is 0. The normalized spacial score (nSPS) is 39.9. The predicted molar refractivity (Wildman–Crippen MR) is 122 cm³/mol. The maximum Gasteiger partial charge on any atom is 0.345 e. The Hall–Kier alpha value is -1.32. The van der Waals surface area contributed by atoms with Crippen LogP contribution in [0.2, 0.25) is 0 Å². The molecule has 0 aromatic rings. The number of urea groups is 1. The highest BCUT2D eigenvalue weighted by atomic mass is 35.5. The first-order valence-corrected chi connectivity index (χ1v) is 12.5. The van der Waals surface area contributed by atoms with Gasteiger partial charge in [0.25, 0.3) is 0 Å². The maximum atomic E-state index is 13.2. The molecule has 3 heterocycles. The summed E-state index contributed by atoms with van der Waals surface area (Å²) in [6.45, 7) is -1.48. The Morgan fingerprint density at radius 2 is 1.66 bits per heavy atom. The molecule has 3 aliphatic heterocycles. The summed E-state index contributed by atoms with van der Waals surface area (Å²) in [6.07, 6.45) is -17.4. The second kappa shape index (κ2) is 14.4. The Kier molecular flexibility index (Phi) is 11.8. The topological polar surface area (TPSA) is 241 Å². The number of ether oxygens (including phenoxy) is 5. The van der Waals surface area contributed by atoms with Crippen LogP contribution in [-0.4, -0.2) is 171 Å². The zero-order valence-electron chi connectivity index (χ0n) is 20.2. The van der Waals surface area contributed by atoms with Crippen LogP contribution in [0.4, 0.5) is 4.79 Å². The zero-order chi connectivity index (χ0) is 28.0. The van der Waals surface area contributed by atoms with Crippen molar-refractivity contribution in [3.05, 3.63) is 4.91 Å². The molecule has 0 aromatic carbocycles. The van der Waals surface area contributed by atoms with Crippen molar-refractivity contribution in [1.29, 1.82) is 0 Å². The molecule has 38 heavy (non-hydrogen) atoms. The van der Waals surface area contributed by atoms with Crippen LogP contribution in [0.15, 0.2) is 5.29 Å². The summed E-state index contributed by atoms with van der Waals surface area (Å²) in [7, 11) is 0. The molecule has 0 aliphatic carbocycles. The Labute approximate surface area is 221 Å². The fraction of sp³-hybridized carbons (Fsp3) is 0.950. The summed E-state index contributed by atoms with van der Waals surface area (Å²) >= 11 is 5.65. The van der Waals surface area contributed by atoms with Gasteiger partial charge in [-0.2, -0.15) is 5.01 Å². The minimum atomic E-state index is -1.90. The monoisotopic (exact) mass is 575 g/mol. The molecule has 0 aromatic heterocycles. The lowest BCUT2D eigenvalue weighted by molar-refractivity contribution is -0.348. The van der Waals surface area contributed by atoms with Crippen molar-refractivity contribution in [3.63, 3.8) is 0 Å². The van der Waals surface area contributed by atoms with Crippen LogP contribution in [0.1, 0.15) is 0 Å². The molecule has 0 saturated carbocycles. The number of nitrogens with zero attached hydrogens (tertiary/aromatic N) is 3. The number of nitroso groups, excluding NO2 is 1. The van der Waals surface area contributed by atoms with Crippen LogP contribution in [0.3, 0.4) is 0 Å². The molecule has 0 radical (unpaired) electrons. The van der Waals surface area contributed by atoms with Crippen molar-refractivity contribution < 1.29 is 64.2 Å². The smallest absolute Gasteiger partial charge is 0.345 e. The summed E-state index contributed by atoms with van der Waals surface area (Å²) in [6, 6.07) is -1.03. The maximum absolute atomic E-state index is 13.2. The summed E-state index contributed by atoms with van der Waals surface area (Å²) in [5.74, 6) is -0.140. The molecule has 3 rings (SSSR count). The summed E-state index contributed by atoms with van der Waals surface area (Å²) in [4.78, 5) is 25.3. The fourth-order valence-electron chi connectivity index (χ4n) is 4.38. The second-order valence-corrected chi connectivity index (χ2v) is 9.30. The number of carbonyl (C=O) groups excluding carboxylic acids is 1. The molecule has 220 valence electrons. The van der Waals surface area contributed by atoms with Crippen molar-refractivity contribution in [2.45, 2.75) is 67.5 Å². The van der Waals surface area contributed by atoms with E-state index >= 15 is 0 Å². The lowest BCUT2D eigenvalue weighted by Gasteiger charge is -2.48. The fourth-order valence-corrected chi connectivity index (χ4v) is 4.54. The van der Waals surface area contributed by atoms with Gasteiger partial charge in [0.15, 0.2) is 12.5 Å². The van der Waals surface area contributed by atoms with Gasteiger partial charge in [0.05, 0.1) is 57.5 Å². The number of rotatable bonds is 10. The van der Waals surface area contributed by atoms with Gasteiger partial charge in [-0.25, -0.2) is 4.79 Å². The number of halogens is 1. The van der Waals surface area contributed by atoms with Crippen molar-refractivity contribution in [3.8, 4) is 0 Å². The van der Waals surface area contributed by atoms with Crippen LogP contribution in [0.5, 0.6) is 0 Å². The first kappa shape index (κ1) is 31.2. The molecule has 3 aliphatic rings. The lowest BCUT2D eigenvalue weighted by Crippen LogP contribution is -2.68. The van der Waals surface area contributed by atoms with E-state index in [1.54, 1.807) is 0 Å². The number of carbonyl (C=O) groups is 1. The molecule has 2 amide bonds. The molecule has 17 nitrogen and oxygen atoms in total. The SMILES string of the molecule is O=NN(CCCl)C(=O)N(CC1COCCO1)C1O[C@H](CO)[C@@H](O[C@H]2O[C@H](CO)[C@@H](O)[C@H](O)[C@H]2O)[C@H](O)[C@H]1O. The van der Waals surface area contributed by atoms with Crippen molar-refractivity contribution >= 4 is 17.6 Å². The average molecular weight is 576 g/mol. The van der Waals surface area contributed by atoms with Crippen LogP contribution < -0.4 is 0 Å². The lowest BCUT2D eigenvalue weighted by atomic mass is 9.96. The molecule has 11 atom stereocenters. The minimum Gasteiger partial charge on any atom is -0.394 e. The van der Waals surface area contributed by atoms with Crippen LogP contribution in [0.25, 0.3) is 0 Å². The molecule has 7 N–H and O–H groups in total. The van der Waals surface area contributed by atoms with Crippen LogP contribution in [0, 0.1) is 4.91 Å². The Balaban J connectivity index is 1.82. The van der Waals surface area contributed by atoms with E-state index < -0.39 is 86.7 Å². The number of aliphatic hydroxyl groups is 7. The first-order valence-electron chi connectivity index (χ1n) is 11.9. The van der Waals surface area contributed by atoms with Gasteiger partial charge < -0.3 is 59.4 Å². The van der Waals surface area contributed by atoms with Crippen LogP contribution in [-0.2, 0) is 23.7 Å². The van der Waals surface area contributed by atoms with Crippen molar-refractivity contribution in [1.82, 2.24) is 9.91 Å². The quantitative estimate of drug-likeness (QED) is 0.0740. The Morgan fingerprint density at radius 3 is 2.24 bits per heavy atom. The van der Waals surface area contributed by atoms with E-state index in [1.807, 2.05) is 0 Å². The number of aliphatic hydroxyl groups excluding tert-OH is 7. The Morgan fingerprint density at radius 1 is 0.947 bits per heavy atom. The number of amides is 2. The second-order valence-electron chi connectivity index (χ2n) is 8.92. The average Bonchev–Trinajstić information content (AvgIpc) is 2.93. The minimum absolute atomic E-state index is 0.0748. The highest BCUT2D eigenvalue weighted by molar-refractivity contribution is 6.18. The molecule has 18 heteroatoms. The molecule has 0 spiro atoms. The van der Waals surface area contributed by atoms with E-state index in [4.69, 9.17) is 35.3 Å². The first-order chi connectivity index (χ1) is 18.2. The molecular formula is C20H34ClN3O14. The van der Waals surface area contributed by atoms with Crippen molar-refractivity contribution in [2.75, 3.05) is 52.0 Å². The molecule has 3 saturated heterocycles. The Bertz CT molecular complexity index is 762. The third-order valence-corrected chi connectivity index (χ3v) is 6.60. The van der Waals surface area contributed by atoms with E-state index in [0.717, 1.165) is 4.90 Å². The molecular weight excluding hydrogens is 542 g/mol. The van der Waals surface area contributed by atoms with E-state index in [0.29, 0.717) is 11.6 Å². The third-order valence-electron chi connectivity index (χ3n) is 6.43. The zero-order valence-corrected chi connectivity index (χ0v) is 21.0. The van der Waals surface area contributed by atoms with Gasteiger partial charge in [-0.3, -0.25) is 4.90 Å². The van der Waals surface area contributed by atoms with E-state index in [-0.39, 0.29) is 32.2 Å². The van der Waals surface area contributed by atoms with Gasteiger partial charge in [0.1, 0.15) is 48.8 Å². The molecule has 0 bridgehead atoms. The van der Waals surface area contributed by atoms with Crippen molar-refractivity contribution in [2.24, 2.45) is 5.29 Å². The van der Waals surface area contributed by atoms with Gasteiger partial charge in [0, 0.05) is 5.88 Å². The van der Waals surface area contributed by atoms with E-state index in [2.05, 4.69) is 5.29 Å². The number of alkyl halides is 1. The van der Waals surface area contributed by atoms with E-state index in [1.165, 1.54) is 0 Å². The van der Waals surface area contributed by atoms with Crippen LogP contribution >= 0.6 is 11.6 Å². The third kappa shape index (κ3) is 6.87. The molecule has 3 fully saturated rings. The summed E-state index contributed by atoms with van der Waals surface area (Å²) in [5, 5.41) is 74.6. The standard InChI is InChI=1S/C20H34ClN3O14/c21-1-2-24(22-33)20(32)23(5-9-8-34-3-4-35-9)18-15(30)14(29)17(11(7-26)36-18)38-19-16(31)13(28)12(27)10(6-25)37-19/h9-19,25-31H,1-8H2/t9?,10-,11-,12-,13+,14-,15-,16-,17-,18?,19-/m1/s1. The number of hydrogen-bond donors (Lipinski definition) is 7. The highest BCUT2D eigenvalue weighted by Gasteiger charge is 2.52. The van der Waals surface area contributed by atoms with Gasteiger partial charge >= 0.3 is 6.03 Å². The summed E-state index contributed by atoms with van der Waals surface area (Å²) < 4.78 is 27.4. The largest absolute Gasteiger partial charge is 0.394 e. The predicted octanol–water partition coefficient (Wildman–Crippen LogP) is -4.33. The van der Waals surface area contributed by atoms with Gasteiger partial charge in [0.2, 0.25) is 0 Å². The van der Waals surface area contributed by atoms with Gasteiger partial charge in [-0.1, -0.05) is 0 Å². The highest BCUT2D eigenvalue weighted by Crippen LogP contribution is 2.31.